The van der Waals surface area contributed by atoms with Gasteiger partial charge in [-0.15, -0.1) is 0 Å². The van der Waals surface area contributed by atoms with Crippen LogP contribution >= 0.6 is 11.6 Å². The van der Waals surface area contributed by atoms with Crippen LogP contribution in [0.5, 0.6) is 11.5 Å². The Hall–Kier alpha value is -2.54. The lowest BCUT2D eigenvalue weighted by atomic mass is 10.1. The molecule has 0 radical (unpaired) electrons. The molecule has 2 aliphatic heterocycles. The SMILES string of the molecule is Clc1cc(-n2ccc(-c3ccc(OCC4CO4)cc3)n2)ccc1OCC1CO1. The first-order valence-corrected chi connectivity index (χ1v) is 9.57. The minimum Gasteiger partial charge on any atom is -0.491 e. The first kappa shape index (κ1) is 17.6. The molecular formula is C21H19ClN2O4. The number of benzene rings is 2. The second kappa shape index (κ2) is 7.47. The summed E-state index contributed by atoms with van der Waals surface area (Å²) >= 11 is 6.35. The quantitative estimate of drug-likeness (QED) is 0.541. The van der Waals surface area contributed by atoms with E-state index in [-0.39, 0.29) is 12.2 Å². The summed E-state index contributed by atoms with van der Waals surface area (Å²) in [6.07, 6.45) is 2.36. The van der Waals surface area contributed by atoms with Crippen molar-refractivity contribution in [2.75, 3.05) is 26.4 Å². The molecule has 6 nitrogen and oxygen atoms in total. The molecule has 0 aliphatic carbocycles. The largest absolute Gasteiger partial charge is 0.491 e. The van der Waals surface area contributed by atoms with Gasteiger partial charge in [0, 0.05) is 11.8 Å². The molecule has 0 N–H and O–H groups in total. The summed E-state index contributed by atoms with van der Waals surface area (Å²) in [5.74, 6) is 1.48. The number of hydrogen-bond donors (Lipinski definition) is 0. The Bertz CT molecular complexity index is 965. The molecule has 0 amide bonds. The predicted octanol–water partition coefficient (Wildman–Crippen LogP) is 3.75. The molecule has 0 saturated carbocycles. The van der Waals surface area contributed by atoms with Gasteiger partial charge in [-0.1, -0.05) is 11.6 Å². The Balaban J connectivity index is 1.27. The van der Waals surface area contributed by atoms with Gasteiger partial charge in [0.15, 0.2) is 0 Å². The third kappa shape index (κ3) is 4.14. The van der Waals surface area contributed by atoms with Gasteiger partial charge in [0.1, 0.15) is 36.9 Å². The van der Waals surface area contributed by atoms with E-state index in [0.29, 0.717) is 24.0 Å². The van der Waals surface area contributed by atoms with Gasteiger partial charge in [0.05, 0.1) is 29.6 Å². The van der Waals surface area contributed by atoms with Crippen LogP contribution in [0, 0.1) is 0 Å². The zero-order chi connectivity index (χ0) is 18.9. The minimum atomic E-state index is 0.197. The van der Waals surface area contributed by atoms with E-state index in [9.17, 15) is 0 Å². The fourth-order valence-electron chi connectivity index (χ4n) is 2.79. The number of ether oxygens (including phenoxy) is 4. The molecule has 2 saturated heterocycles. The first-order valence-electron chi connectivity index (χ1n) is 9.19. The second-order valence-corrected chi connectivity index (χ2v) is 7.22. The smallest absolute Gasteiger partial charge is 0.138 e. The molecule has 144 valence electrons. The highest BCUT2D eigenvalue weighted by molar-refractivity contribution is 6.32. The summed E-state index contributed by atoms with van der Waals surface area (Å²) in [6, 6.07) is 15.5. The van der Waals surface area contributed by atoms with Crippen molar-refractivity contribution in [1.82, 2.24) is 9.78 Å². The number of hydrogen-bond acceptors (Lipinski definition) is 5. The molecule has 2 aliphatic rings. The molecule has 1 aromatic heterocycles. The van der Waals surface area contributed by atoms with Gasteiger partial charge < -0.3 is 18.9 Å². The molecule has 0 bridgehead atoms. The molecule has 0 spiro atoms. The summed E-state index contributed by atoms with van der Waals surface area (Å²) in [5, 5.41) is 5.21. The van der Waals surface area contributed by atoms with Crippen molar-refractivity contribution in [3.63, 3.8) is 0 Å². The average molecular weight is 399 g/mol. The van der Waals surface area contributed by atoms with Crippen LogP contribution in [0.3, 0.4) is 0 Å². The summed E-state index contributed by atoms with van der Waals surface area (Å²) in [6.45, 7) is 2.68. The Labute approximate surface area is 167 Å². The van der Waals surface area contributed by atoms with Crippen LogP contribution in [-0.2, 0) is 9.47 Å². The highest BCUT2D eigenvalue weighted by atomic mass is 35.5. The van der Waals surface area contributed by atoms with Gasteiger partial charge in [-0.05, 0) is 48.5 Å². The molecule has 2 unspecified atom stereocenters. The number of aromatic nitrogens is 2. The van der Waals surface area contributed by atoms with Gasteiger partial charge in [-0.3, -0.25) is 0 Å². The van der Waals surface area contributed by atoms with Gasteiger partial charge in [0.25, 0.3) is 0 Å². The fraction of sp³-hybridized carbons (Fsp3) is 0.286. The summed E-state index contributed by atoms with van der Waals surface area (Å²) < 4.78 is 23.4. The van der Waals surface area contributed by atoms with Crippen LogP contribution in [0.2, 0.25) is 5.02 Å². The number of epoxide rings is 2. The van der Waals surface area contributed by atoms with Crippen molar-refractivity contribution >= 4 is 11.6 Å². The average Bonchev–Trinajstić information content (AvgIpc) is 3.65. The van der Waals surface area contributed by atoms with Crippen LogP contribution in [-0.4, -0.2) is 48.4 Å². The third-order valence-corrected chi connectivity index (χ3v) is 4.88. The highest BCUT2D eigenvalue weighted by Gasteiger charge is 2.24. The van der Waals surface area contributed by atoms with Gasteiger partial charge >= 0.3 is 0 Å². The van der Waals surface area contributed by atoms with E-state index in [1.54, 1.807) is 4.68 Å². The maximum absolute atomic E-state index is 6.35. The van der Waals surface area contributed by atoms with Crippen LogP contribution in [0.15, 0.2) is 54.7 Å². The first-order chi connectivity index (χ1) is 13.7. The van der Waals surface area contributed by atoms with E-state index in [2.05, 4.69) is 5.10 Å². The molecule has 2 atom stereocenters. The van der Waals surface area contributed by atoms with Gasteiger partial charge in [0.2, 0.25) is 0 Å². The van der Waals surface area contributed by atoms with E-state index >= 15 is 0 Å². The molecular weight excluding hydrogens is 380 g/mol. The topological polar surface area (TPSA) is 61.3 Å². The lowest BCUT2D eigenvalue weighted by Crippen LogP contribution is -2.04. The Kier molecular flexibility index (Phi) is 4.68. The Morgan fingerprint density at radius 3 is 2.36 bits per heavy atom. The fourth-order valence-corrected chi connectivity index (χ4v) is 3.02. The zero-order valence-corrected chi connectivity index (χ0v) is 15.8. The van der Waals surface area contributed by atoms with Gasteiger partial charge in [-0.2, -0.15) is 5.10 Å². The van der Waals surface area contributed by atoms with Crippen LogP contribution in [0.1, 0.15) is 0 Å². The molecule has 28 heavy (non-hydrogen) atoms. The lowest BCUT2D eigenvalue weighted by molar-refractivity contribution is 0.263. The lowest BCUT2D eigenvalue weighted by Gasteiger charge is -2.08. The normalized spacial score (nSPS) is 20.0. The van der Waals surface area contributed by atoms with Crippen molar-refractivity contribution in [2.45, 2.75) is 12.2 Å². The predicted molar refractivity (Wildman–Crippen MR) is 104 cm³/mol. The third-order valence-electron chi connectivity index (χ3n) is 4.58. The zero-order valence-electron chi connectivity index (χ0n) is 15.1. The van der Waals surface area contributed by atoms with Crippen molar-refractivity contribution in [3.05, 3.63) is 59.8 Å². The van der Waals surface area contributed by atoms with Crippen molar-refractivity contribution in [2.24, 2.45) is 0 Å². The van der Waals surface area contributed by atoms with Crippen LogP contribution in [0.4, 0.5) is 0 Å². The maximum atomic E-state index is 6.35. The number of rotatable bonds is 8. The van der Waals surface area contributed by atoms with E-state index < -0.39 is 0 Å². The highest BCUT2D eigenvalue weighted by Crippen LogP contribution is 2.29. The molecule has 7 heteroatoms. The van der Waals surface area contributed by atoms with E-state index in [1.165, 1.54) is 0 Å². The van der Waals surface area contributed by atoms with Crippen molar-refractivity contribution in [1.29, 1.82) is 0 Å². The molecule has 3 aromatic rings. The summed E-state index contributed by atoms with van der Waals surface area (Å²) in [4.78, 5) is 0. The molecule has 2 fully saturated rings. The maximum Gasteiger partial charge on any atom is 0.138 e. The number of nitrogens with zero attached hydrogens (tertiary/aromatic N) is 2. The Morgan fingerprint density at radius 2 is 1.68 bits per heavy atom. The van der Waals surface area contributed by atoms with Crippen molar-refractivity contribution < 1.29 is 18.9 Å². The van der Waals surface area contributed by atoms with E-state index in [4.69, 9.17) is 30.5 Å². The van der Waals surface area contributed by atoms with Crippen LogP contribution in [0.25, 0.3) is 16.9 Å². The number of halogens is 1. The summed E-state index contributed by atoms with van der Waals surface area (Å²) in [5.41, 5.74) is 2.76. The van der Waals surface area contributed by atoms with Gasteiger partial charge in [-0.25, -0.2) is 4.68 Å². The Morgan fingerprint density at radius 1 is 0.964 bits per heavy atom. The molecule has 5 rings (SSSR count). The minimum absolute atomic E-state index is 0.197. The monoisotopic (exact) mass is 398 g/mol. The van der Waals surface area contributed by atoms with Crippen LogP contribution < -0.4 is 9.47 Å². The second-order valence-electron chi connectivity index (χ2n) is 6.82. The standard InChI is InChI=1S/C21H19ClN2O4/c22-19-9-15(3-6-21(19)28-13-18-12-27-18)24-8-7-20(23-24)14-1-4-16(5-2-14)25-10-17-11-26-17/h1-9,17-18H,10-13H2. The summed E-state index contributed by atoms with van der Waals surface area (Å²) in [7, 11) is 0. The molecule has 3 heterocycles. The van der Waals surface area contributed by atoms with E-state index in [1.807, 2.05) is 54.7 Å². The van der Waals surface area contributed by atoms with Crippen molar-refractivity contribution in [3.8, 4) is 28.4 Å². The molecule has 2 aromatic carbocycles. The van der Waals surface area contributed by atoms with E-state index in [0.717, 1.165) is 35.9 Å².